The van der Waals surface area contributed by atoms with Crippen molar-refractivity contribution in [3.63, 3.8) is 0 Å². The average Bonchev–Trinajstić information content (AvgIpc) is 3.74. The summed E-state index contributed by atoms with van der Waals surface area (Å²) >= 11 is 0.876. The van der Waals surface area contributed by atoms with Crippen LogP contribution in [-0.4, -0.2) is 114 Å². The van der Waals surface area contributed by atoms with E-state index in [1.807, 2.05) is 6.92 Å². The van der Waals surface area contributed by atoms with E-state index in [4.69, 9.17) is 19.8 Å². The van der Waals surface area contributed by atoms with Crippen LogP contribution in [0.4, 0.5) is 23.2 Å². The standard InChI is InChI=1S/C29H35F4N7O11S/c1-4-13-8-18(20(30)12(2)40(13)26(3,42)43)35-17-7-5-6-14-15(9-27(31,32)33)22(52-21(14)17)23-36-19(51-38-23)10-34-24(41)16-11-39(28(44,45)46)37-25(16)50-29(47,48)49/h5-7,11-13,18,20,35,42-49H,4,8-10H2,1-3H3,(H,34,41). The van der Waals surface area contributed by atoms with Crippen LogP contribution in [0.3, 0.4) is 0 Å². The molecule has 4 aromatic rings. The summed E-state index contributed by atoms with van der Waals surface area (Å²) in [5.41, 5.74) is -0.659. The van der Waals surface area contributed by atoms with Gasteiger partial charge in [0.05, 0.1) is 40.5 Å². The smallest absolute Gasteiger partial charge is 0.396 e. The number of ether oxygens (including phenoxy) is 1. The summed E-state index contributed by atoms with van der Waals surface area (Å²) < 4.78 is 67.1. The number of nitrogens with zero attached hydrogens (tertiary/aromatic N) is 5. The molecule has 18 nitrogen and oxygen atoms in total. The molecule has 4 unspecified atom stereocenters. The SMILES string of the molecule is CCC1CC(Nc2cccc3c(CC(F)(F)F)c(-c4noc(CNC(=O)c5cn(C(O)(O)O)nc5OC(O)(O)O)n4)sc23)C(F)C(C)N1C(C)(O)O. The third-order valence-corrected chi connectivity index (χ3v) is 9.51. The van der Waals surface area contributed by atoms with Crippen LogP contribution < -0.4 is 15.4 Å². The number of fused-ring (bicyclic) bond motifs is 1. The molecular formula is C29H35F4N7O11S. The highest BCUT2D eigenvalue weighted by Gasteiger charge is 2.47. The normalized spacial score (nSPS) is 20.8. The molecule has 3 aromatic heterocycles. The summed E-state index contributed by atoms with van der Waals surface area (Å²) in [4.78, 5) is 18.2. The molecule has 5 rings (SSSR count). The third kappa shape index (κ3) is 8.60. The van der Waals surface area contributed by atoms with Crippen molar-refractivity contribution in [1.82, 2.24) is 30.1 Å². The van der Waals surface area contributed by atoms with Gasteiger partial charge in [-0.2, -0.15) is 22.8 Å². The molecule has 1 amide bonds. The zero-order chi connectivity index (χ0) is 38.6. The Kier molecular flexibility index (Phi) is 10.6. The molecule has 1 aromatic carbocycles. The quantitative estimate of drug-likeness (QED) is 0.0688. The Morgan fingerprint density at radius 2 is 1.83 bits per heavy atom. The lowest BCUT2D eigenvalue weighted by molar-refractivity contribution is -0.421. The molecule has 0 bridgehead atoms. The number of carbonyl (C=O) groups is 1. The van der Waals surface area contributed by atoms with Gasteiger partial charge in [-0.15, -0.1) is 16.4 Å². The molecule has 4 atom stereocenters. The van der Waals surface area contributed by atoms with Crippen LogP contribution in [0, 0.1) is 0 Å². The van der Waals surface area contributed by atoms with Gasteiger partial charge in [0.1, 0.15) is 11.7 Å². The Labute approximate surface area is 294 Å². The largest absolute Gasteiger partial charge is 0.454 e. The summed E-state index contributed by atoms with van der Waals surface area (Å²) in [6.45, 7) is 3.88. The van der Waals surface area contributed by atoms with Crippen LogP contribution in [0.1, 0.15) is 55.4 Å². The van der Waals surface area contributed by atoms with Crippen molar-refractivity contribution in [2.24, 2.45) is 0 Å². The molecule has 286 valence electrons. The molecular weight excluding hydrogens is 730 g/mol. The molecule has 0 aliphatic carbocycles. The number of benzene rings is 1. The summed E-state index contributed by atoms with van der Waals surface area (Å²) in [6.07, 6.45) is -14.1. The number of hydrogen-bond acceptors (Lipinski definition) is 17. The van der Waals surface area contributed by atoms with Crippen molar-refractivity contribution in [2.75, 3.05) is 5.32 Å². The minimum absolute atomic E-state index is 0.0420. The molecule has 52 heavy (non-hydrogen) atoms. The van der Waals surface area contributed by atoms with Crippen LogP contribution in [-0.2, 0) is 19.1 Å². The van der Waals surface area contributed by atoms with Gasteiger partial charge >= 0.3 is 18.4 Å². The second-order valence-corrected chi connectivity index (χ2v) is 13.3. The molecule has 1 fully saturated rings. The van der Waals surface area contributed by atoms with Gasteiger partial charge in [0.25, 0.3) is 11.8 Å². The fourth-order valence-corrected chi connectivity index (χ4v) is 7.40. The highest BCUT2D eigenvalue weighted by Crippen LogP contribution is 2.44. The molecule has 0 saturated carbocycles. The minimum Gasteiger partial charge on any atom is -0.396 e. The Morgan fingerprint density at radius 1 is 1.13 bits per heavy atom. The molecule has 0 spiro atoms. The van der Waals surface area contributed by atoms with Crippen LogP contribution >= 0.6 is 11.3 Å². The van der Waals surface area contributed by atoms with Crippen molar-refractivity contribution < 1.29 is 72.5 Å². The van der Waals surface area contributed by atoms with E-state index in [9.17, 15) is 43.5 Å². The number of rotatable bonds is 12. The van der Waals surface area contributed by atoms with E-state index in [0.717, 1.165) is 18.3 Å². The van der Waals surface area contributed by atoms with Gasteiger partial charge in [-0.1, -0.05) is 24.2 Å². The number of anilines is 1. The number of nitrogens with one attached hydrogen (secondary N) is 2. The maximum Gasteiger partial charge on any atom is 0.454 e. The second-order valence-electron chi connectivity index (χ2n) is 12.3. The van der Waals surface area contributed by atoms with Crippen LogP contribution in [0.25, 0.3) is 20.8 Å². The molecule has 4 heterocycles. The minimum atomic E-state index is -4.68. The number of carbonyl (C=O) groups excluding carboxylic acids is 1. The van der Waals surface area contributed by atoms with E-state index < -0.39 is 79.0 Å². The number of alkyl halides is 4. The Balaban J connectivity index is 1.43. The lowest BCUT2D eigenvalue weighted by Gasteiger charge is -2.50. The number of hydrogen-bond donors (Lipinski definition) is 10. The predicted molar refractivity (Wildman–Crippen MR) is 168 cm³/mol. The zero-order valence-electron chi connectivity index (χ0n) is 27.4. The van der Waals surface area contributed by atoms with Crippen LogP contribution in [0.2, 0.25) is 0 Å². The fourth-order valence-electron chi connectivity index (χ4n) is 6.18. The first-order chi connectivity index (χ1) is 24.0. The maximum absolute atomic E-state index is 15.8. The molecule has 1 saturated heterocycles. The van der Waals surface area contributed by atoms with Gasteiger partial charge in [-0.3, -0.25) is 4.79 Å². The van der Waals surface area contributed by atoms with Crippen molar-refractivity contribution in [2.45, 2.75) is 95.2 Å². The topological polar surface area (TPSA) is 272 Å². The van der Waals surface area contributed by atoms with Gasteiger partial charge < -0.3 is 60.7 Å². The van der Waals surface area contributed by atoms with Gasteiger partial charge in [-0.25, -0.2) is 9.29 Å². The molecule has 23 heteroatoms. The number of piperidine rings is 1. The van der Waals surface area contributed by atoms with Crippen LogP contribution in [0.15, 0.2) is 28.9 Å². The van der Waals surface area contributed by atoms with E-state index in [1.165, 1.54) is 24.0 Å². The number of aliphatic hydroxyl groups is 8. The summed E-state index contributed by atoms with van der Waals surface area (Å²) in [6, 6.07) is 2.33. The number of likely N-dealkylation sites (tertiary alicyclic amines) is 1. The number of thiophene rings is 1. The van der Waals surface area contributed by atoms with Gasteiger partial charge in [0, 0.05) is 19.0 Å². The molecule has 0 radical (unpaired) electrons. The lowest BCUT2D eigenvalue weighted by atomic mass is 9.88. The Morgan fingerprint density at radius 3 is 2.42 bits per heavy atom. The number of amides is 1. The third-order valence-electron chi connectivity index (χ3n) is 8.24. The first-order valence-corrected chi connectivity index (χ1v) is 16.3. The van der Waals surface area contributed by atoms with E-state index in [2.05, 4.69) is 30.6 Å². The highest BCUT2D eigenvalue weighted by atomic mass is 32.1. The number of aromatic nitrogens is 4. The summed E-state index contributed by atoms with van der Waals surface area (Å²) in [5.74, 6) is -5.18. The average molecular weight is 766 g/mol. The highest BCUT2D eigenvalue weighted by molar-refractivity contribution is 7.23. The first-order valence-electron chi connectivity index (χ1n) is 15.5. The number of halogens is 4. The van der Waals surface area contributed by atoms with E-state index in [1.54, 1.807) is 6.07 Å². The van der Waals surface area contributed by atoms with Gasteiger partial charge in [0.2, 0.25) is 17.6 Å². The fraction of sp³-hybridized carbons (Fsp3) is 0.517. The summed E-state index contributed by atoms with van der Waals surface area (Å²) in [7, 11) is 0. The lowest BCUT2D eigenvalue weighted by Crippen LogP contribution is -2.65. The Bertz CT molecular complexity index is 1900. The molecule has 1 aliphatic heterocycles. The van der Waals surface area contributed by atoms with Crippen molar-refractivity contribution >= 4 is 33.0 Å². The monoisotopic (exact) mass is 765 g/mol. The molecule has 1 aliphatic rings. The Hall–Kier alpha value is -4.04. The van der Waals surface area contributed by atoms with E-state index in [0.29, 0.717) is 23.0 Å². The van der Waals surface area contributed by atoms with Crippen molar-refractivity contribution in [3.05, 3.63) is 41.4 Å². The van der Waals surface area contributed by atoms with Crippen molar-refractivity contribution in [1.29, 1.82) is 0 Å². The first kappa shape index (κ1) is 39.2. The zero-order valence-corrected chi connectivity index (χ0v) is 28.2. The van der Waals surface area contributed by atoms with Crippen molar-refractivity contribution in [3.8, 4) is 16.6 Å². The van der Waals surface area contributed by atoms with E-state index >= 15 is 4.39 Å². The van der Waals surface area contributed by atoms with E-state index in [-0.39, 0.29) is 38.6 Å². The van der Waals surface area contributed by atoms with Gasteiger partial charge in [0.15, 0.2) is 0 Å². The summed E-state index contributed by atoms with van der Waals surface area (Å²) in [5, 5.41) is 88.5. The predicted octanol–water partition coefficient (Wildman–Crippen LogP) is 0.344. The van der Waals surface area contributed by atoms with Crippen LogP contribution in [0.5, 0.6) is 5.88 Å². The molecule has 10 N–H and O–H groups in total. The van der Waals surface area contributed by atoms with Gasteiger partial charge in [-0.05, 0) is 36.8 Å². The second kappa shape index (κ2) is 14.1. The maximum atomic E-state index is 15.8.